The Morgan fingerprint density at radius 1 is 1.21 bits per heavy atom. The lowest BCUT2D eigenvalue weighted by molar-refractivity contribution is -0.126. The molecule has 2 aliphatic rings. The van der Waals surface area contributed by atoms with E-state index in [1.165, 1.54) is 24.3 Å². The first-order valence-corrected chi connectivity index (χ1v) is 7.61. The molecule has 24 heavy (non-hydrogen) atoms. The summed E-state index contributed by atoms with van der Waals surface area (Å²) < 4.78 is 5.30. The Balaban J connectivity index is 1.87. The molecular weight excluding hydrogens is 314 g/mol. The number of nitrogens with zero attached hydrogens (tertiary/aromatic N) is 1. The van der Waals surface area contributed by atoms with Crippen molar-refractivity contribution < 1.29 is 24.3 Å². The minimum Gasteiger partial charge on any atom is -0.733 e. The molecular formula is C17H16NO6-. The number of benzene rings is 1. The van der Waals surface area contributed by atoms with Gasteiger partial charge in [-0.3, -0.25) is 14.8 Å². The van der Waals surface area contributed by atoms with E-state index in [0.29, 0.717) is 24.8 Å². The molecule has 7 nitrogen and oxygen atoms in total. The molecule has 1 unspecified atom stereocenters. The van der Waals surface area contributed by atoms with Gasteiger partial charge in [0.15, 0.2) is 11.5 Å². The van der Waals surface area contributed by atoms with Crippen LogP contribution in [-0.2, 0) is 14.3 Å². The molecule has 126 valence electrons. The summed E-state index contributed by atoms with van der Waals surface area (Å²) in [5, 5.41) is 19.2. The molecule has 0 bridgehead atoms. The highest BCUT2D eigenvalue weighted by Crippen LogP contribution is 2.48. The second kappa shape index (κ2) is 5.85. The Morgan fingerprint density at radius 2 is 1.88 bits per heavy atom. The van der Waals surface area contributed by atoms with Gasteiger partial charge in [0.1, 0.15) is 5.78 Å². The fourth-order valence-electron chi connectivity index (χ4n) is 3.25. The zero-order valence-corrected chi connectivity index (χ0v) is 13.1. The van der Waals surface area contributed by atoms with Crippen molar-refractivity contribution in [3.63, 3.8) is 0 Å². The van der Waals surface area contributed by atoms with Gasteiger partial charge >= 0.3 is 5.97 Å². The molecule has 0 aliphatic heterocycles. The third-order valence-electron chi connectivity index (χ3n) is 4.78. The number of carbonyl (C=O) groups excluding carboxylic acids is 3. The first-order valence-electron chi connectivity index (χ1n) is 7.61. The van der Waals surface area contributed by atoms with Crippen molar-refractivity contribution in [1.29, 1.82) is 0 Å². The number of hydrogen-bond acceptors (Lipinski definition) is 7. The number of rotatable bonds is 3. The normalized spacial score (nSPS) is 23.3. The van der Waals surface area contributed by atoms with Gasteiger partial charge < -0.3 is 15.2 Å². The Labute approximate surface area is 138 Å². The standard InChI is InChI=1S/C17H16NO6/c1-17-9-8-13(19)15(12(17)6-7-14(17)20)24-16(21)10-2-4-11(5-3-10)18(22)23/h2-5,22H,6-9H2,1H3/q-1. The number of allylic oxidation sites excluding steroid dienone is 2. The highest BCUT2D eigenvalue weighted by atomic mass is 16.8. The fourth-order valence-corrected chi connectivity index (χ4v) is 3.25. The van der Waals surface area contributed by atoms with E-state index in [2.05, 4.69) is 0 Å². The lowest BCUT2D eigenvalue weighted by atomic mass is 9.74. The topological polar surface area (TPSA) is 107 Å². The van der Waals surface area contributed by atoms with Gasteiger partial charge in [-0.2, -0.15) is 0 Å². The minimum atomic E-state index is -0.739. The summed E-state index contributed by atoms with van der Waals surface area (Å²) in [7, 11) is 0. The molecule has 1 fully saturated rings. The van der Waals surface area contributed by atoms with E-state index < -0.39 is 11.4 Å². The largest absolute Gasteiger partial charge is 0.733 e. The van der Waals surface area contributed by atoms with Crippen LogP contribution in [0.1, 0.15) is 43.0 Å². The van der Waals surface area contributed by atoms with Crippen LogP contribution in [0.5, 0.6) is 0 Å². The van der Waals surface area contributed by atoms with Crippen LogP contribution in [0.2, 0.25) is 0 Å². The number of fused-ring (bicyclic) bond motifs is 1. The highest BCUT2D eigenvalue weighted by molar-refractivity contribution is 6.04. The van der Waals surface area contributed by atoms with Gasteiger partial charge in [0, 0.05) is 12.8 Å². The van der Waals surface area contributed by atoms with Crippen molar-refractivity contribution in [3.05, 3.63) is 46.4 Å². The maximum absolute atomic E-state index is 12.3. The summed E-state index contributed by atoms with van der Waals surface area (Å²) in [6, 6.07) is 5.15. The zero-order chi connectivity index (χ0) is 17.5. The van der Waals surface area contributed by atoms with Gasteiger partial charge in [-0.05, 0) is 49.6 Å². The summed E-state index contributed by atoms with van der Waals surface area (Å²) >= 11 is 0. The molecule has 0 radical (unpaired) electrons. The molecule has 1 aromatic rings. The van der Waals surface area contributed by atoms with Gasteiger partial charge in [-0.1, -0.05) is 0 Å². The molecule has 1 atom stereocenters. The summed E-state index contributed by atoms with van der Waals surface area (Å²) in [5.41, 5.74) is -0.00273. The number of esters is 1. The molecule has 0 amide bonds. The third-order valence-corrected chi connectivity index (χ3v) is 4.78. The van der Waals surface area contributed by atoms with Gasteiger partial charge in [-0.15, -0.1) is 0 Å². The molecule has 7 heteroatoms. The Morgan fingerprint density at radius 3 is 2.50 bits per heavy atom. The maximum Gasteiger partial charge on any atom is 0.343 e. The molecule has 3 rings (SSSR count). The first-order chi connectivity index (χ1) is 11.3. The quantitative estimate of drug-likeness (QED) is 0.670. The van der Waals surface area contributed by atoms with Crippen LogP contribution in [0.15, 0.2) is 35.6 Å². The SMILES string of the molecule is CC12CCC(=O)C(OC(=O)c3ccc(N([O-])O)cc3)=C1CCC2=O. The number of hydrogen-bond donors (Lipinski definition) is 1. The number of ketones is 2. The average Bonchev–Trinajstić information content (AvgIpc) is 2.86. The van der Waals surface area contributed by atoms with Crippen molar-refractivity contribution >= 4 is 23.2 Å². The van der Waals surface area contributed by atoms with Crippen LogP contribution >= 0.6 is 0 Å². The summed E-state index contributed by atoms with van der Waals surface area (Å²) in [4.78, 5) is 36.5. The van der Waals surface area contributed by atoms with Crippen molar-refractivity contribution in [2.24, 2.45) is 5.41 Å². The van der Waals surface area contributed by atoms with Crippen molar-refractivity contribution in [3.8, 4) is 0 Å². The molecule has 1 N–H and O–H groups in total. The second-order valence-corrected chi connectivity index (χ2v) is 6.20. The molecule has 1 saturated carbocycles. The molecule has 0 saturated heterocycles. The van der Waals surface area contributed by atoms with E-state index in [0.717, 1.165) is 0 Å². The number of anilines is 1. The summed E-state index contributed by atoms with van der Waals surface area (Å²) in [5.74, 6) is -0.961. The van der Waals surface area contributed by atoms with E-state index in [9.17, 15) is 19.6 Å². The van der Waals surface area contributed by atoms with E-state index in [1.54, 1.807) is 6.92 Å². The van der Waals surface area contributed by atoms with Crippen molar-refractivity contribution in [2.75, 3.05) is 5.23 Å². The zero-order valence-electron chi connectivity index (χ0n) is 13.1. The minimum absolute atomic E-state index is 0.0173. The lowest BCUT2D eigenvalue weighted by Crippen LogP contribution is -2.32. The first kappa shape index (κ1) is 16.4. The van der Waals surface area contributed by atoms with Gasteiger partial charge in [0.2, 0.25) is 0 Å². The van der Waals surface area contributed by atoms with Gasteiger partial charge in [-0.25, -0.2) is 4.79 Å². The van der Waals surface area contributed by atoms with Crippen molar-refractivity contribution in [1.82, 2.24) is 0 Å². The molecule has 1 aromatic carbocycles. The Bertz CT molecular complexity index is 749. The Hall–Kier alpha value is -2.51. The van der Waals surface area contributed by atoms with Crippen LogP contribution < -0.4 is 5.23 Å². The summed E-state index contributed by atoms with van der Waals surface area (Å²) in [6.07, 6.45) is 1.40. The van der Waals surface area contributed by atoms with Crippen LogP contribution in [0.25, 0.3) is 0 Å². The summed E-state index contributed by atoms with van der Waals surface area (Å²) in [6.45, 7) is 1.79. The van der Waals surface area contributed by atoms with E-state index in [4.69, 9.17) is 9.94 Å². The average molecular weight is 330 g/mol. The predicted molar refractivity (Wildman–Crippen MR) is 83.1 cm³/mol. The van der Waals surface area contributed by atoms with Crippen LogP contribution in [0.3, 0.4) is 0 Å². The number of ether oxygens (including phenoxy) is 1. The molecule has 0 heterocycles. The second-order valence-electron chi connectivity index (χ2n) is 6.20. The molecule has 0 spiro atoms. The number of Topliss-reactive ketones (excluding diaryl/α,β-unsaturated/α-hetero) is 2. The van der Waals surface area contributed by atoms with Crippen LogP contribution in [-0.4, -0.2) is 22.7 Å². The predicted octanol–water partition coefficient (Wildman–Crippen LogP) is 2.52. The monoisotopic (exact) mass is 330 g/mol. The van der Waals surface area contributed by atoms with Crippen LogP contribution in [0.4, 0.5) is 5.69 Å². The van der Waals surface area contributed by atoms with E-state index in [1.807, 2.05) is 0 Å². The highest BCUT2D eigenvalue weighted by Gasteiger charge is 2.48. The maximum atomic E-state index is 12.3. The van der Waals surface area contributed by atoms with Crippen molar-refractivity contribution in [2.45, 2.75) is 32.6 Å². The lowest BCUT2D eigenvalue weighted by Gasteiger charge is -2.30. The van der Waals surface area contributed by atoms with Gasteiger partial charge in [0.25, 0.3) is 0 Å². The van der Waals surface area contributed by atoms with E-state index in [-0.39, 0.29) is 40.2 Å². The number of carbonyl (C=O) groups is 3. The third kappa shape index (κ3) is 2.61. The molecule has 0 aromatic heterocycles. The van der Waals surface area contributed by atoms with Crippen LogP contribution in [0, 0.1) is 10.6 Å². The fraction of sp³-hybridized carbons (Fsp3) is 0.353. The van der Waals surface area contributed by atoms with Gasteiger partial charge in [0.05, 0.1) is 16.7 Å². The van der Waals surface area contributed by atoms with E-state index >= 15 is 0 Å². The smallest absolute Gasteiger partial charge is 0.343 e. The Kier molecular flexibility index (Phi) is 3.98. The molecule has 2 aliphatic carbocycles.